The van der Waals surface area contributed by atoms with Crippen molar-refractivity contribution < 1.29 is 53.5 Å². The number of carbonyl (C=O) groups is 2. The van der Waals surface area contributed by atoms with Gasteiger partial charge in [-0.15, -0.1) is 32.8 Å². The number of halogens is 9. The topological polar surface area (TPSA) is 134 Å². The van der Waals surface area contributed by atoms with Crippen LogP contribution in [0.1, 0.15) is 22.9 Å². The molecule has 8 rings (SSSR count). The normalized spacial score (nSPS) is 14.5. The number of hydrogen-bond donors (Lipinski definition) is 1. The molecule has 12 nitrogen and oxygen atoms in total. The standard InChI is InChI=1S/C21H18F4N4O2.C20H16F4N4O2.ClH/c1-28-10-15(11-28)19(30)29(16-5-3-2-4-6-16)12-14-8-7-13(9-17(14)22)18-26-27-20(31-18)21(23,24)25;21-16-8-12(17-26-27-19(30-17)20(22,23)24)6-7-13(16)11-28(15-4-2-1-3-5-15)18(29)14-9-25-10-14;/h2-9,15H,10-12H2,1H3;1-8,14,25H,9-11H2;1H. The van der Waals surface area contributed by atoms with Crippen LogP contribution in [-0.2, 0) is 35.0 Å². The first kappa shape index (κ1) is 45.3. The highest BCUT2D eigenvalue weighted by atomic mass is 35.5. The van der Waals surface area contributed by atoms with Crippen LogP contribution < -0.4 is 15.1 Å². The van der Waals surface area contributed by atoms with Gasteiger partial charge in [0, 0.05) is 59.8 Å². The molecule has 0 unspecified atom stereocenters. The maximum atomic E-state index is 14.8. The van der Waals surface area contributed by atoms with Crippen LogP contribution in [0.2, 0.25) is 0 Å². The van der Waals surface area contributed by atoms with Gasteiger partial charge in [0.1, 0.15) is 11.6 Å². The summed E-state index contributed by atoms with van der Waals surface area (Å²) in [6.07, 6.45) is -9.56. The van der Waals surface area contributed by atoms with E-state index >= 15 is 0 Å². The Hall–Kier alpha value is -6.25. The fourth-order valence-electron chi connectivity index (χ4n) is 6.43. The smallest absolute Gasteiger partial charge is 0.413 e. The van der Waals surface area contributed by atoms with Gasteiger partial charge >= 0.3 is 24.1 Å². The lowest BCUT2D eigenvalue weighted by Gasteiger charge is -2.38. The van der Waals surface area contributed by atoms with Crippen molar-refractivity contribution in [1.82, 2.24) is 30.6 Å². The van der Waals surface area contributed by atoms with Gasteiger partial charge in [-0.1, -0.05) is 48.5 Å². The lowest BCUT2D eigenvalue weighted by atomic mass is 9.98. The number of carbonyl (C=O) groups excluding carboxylic acids is 2. The third-order valence-electron chi connectivity index (χ3n) is 9.80. The van der Waals surface area contributed by atoms with Gasteiger partial charge in [-0.3, -0.25) is 9.59 Å². The molecule has 2 saturated heterocycles. The summed E-state index contributed by atoms with van der Waals surface area (Å²) in [5.74, 6) is -5.87. The van der Waals surface area contributed by atoms with Crippen LogP contribution >= 0.6 is 12.4 Å². The van der Waals surface area contributed by atoms with Gasteiger partial charge < -0.3 is 28.9 Å². The van der Waals surface area contributed by atoms with Crippen molar-refractivity contribution >= 4 is 35.6 Å². The zero-order valence-electron chi connectivity index (χ0n) is 32.3. The van der Waals surface area contributed by atoms with Crippen molar-refractivity contribution in [1.29, 1.82) is 0 Å². The predicted molar refractivity (Wildman–Crippen MR) is 209 cm³/mol. The summed E-state index contributed by atoms with van der Waals surface area (Å²) in [5, 5.41) is 15.6. The lowest BCUT2D eigenvalue weighted by molar-refractivity contribution is -0.157. The Morgan fingerprint density at radius 1 is 0.645 bits per heavy atom. The fourth-order valence-corrected chi connectivity index (χ4v) is 6.43. The van der Waals surface area contributed by atoms with E-state index < -0.39 is 47.5 Å². The minimum atomic E-state index is -4.78. The molecular weight excluding hydrogens is 856 g/mol. The van der Waals surface area contributed by atoms with E-state index in [-0.39, 0.29) is 71.4 Å². The number of nitrogens with one attached hydrogen (secondary N) is 1. The molecule has 0 saturated carbocycles. The Labute approximate surface area is 353 Å². The van der Waals surface area contributed by atoms with Crippen LogP contribution in [0.4, 0.5) is 46.5 Å². The molecule has 0 bridgehead atoms. The Morgan fingerprint density at radius 3 is 1.37 bits per heavy atom. The summed E-state index contributed by atoms with van der Waals surface area (Å²) in [6, 6.07) is 25.4. The van der Waals surface area contributed by atoms with E-state index in [0.717, 1.165) is 12.1 Å². The van der Waals surface area contributed by atoms with Crippen LogP contribution in [0.3, 0.4) is 0 Å². The number of amides is 2. The molecule has 21 heteroatoms. The predicted octanol–water partition coefficient (Wildman–Crippen LogP) is 8.06. The molecule has 0 spiro atoms. The number of anilines is 2. The highest BCUT2D eigenvalue weighted by molar-refractivity contribution is 5.96. The third-order valence-corrected chi connectivity index (χ3v) is 9.80. The minimum Gasteiger partial charge on any atom is -0.413 e. The first-order valence-electron chi connectivity index (χ1n) is 18.6. The summed E-state index contributed by atoms with van der Waals surface area (Å²) in [4.78, 5) is 30.9. The number of rotatable bonds is 10. The Bertz CT molecular complexity index is 2480. The zero-order valence-corrected chi connectivity index (χ0v) is 33.1. The summed E-state index contributed by atoms with van der Waals surface area (Å²) < 4.78 is 115. The number of benzene rings is 4. The molecule has 0 radical (unpaired) electrons. The summed E-state index contributed by atoms with van der Waals surface area (Å²) in [7, 11) is 1.91. The number of alkyl halides is 6. The average Bonchev–Trinajstić information content (AvgIpc) is 3.91. The Balaban J connectivity index is 0.000000204. The third kappa shape index (κ3) is 10.4. The lowest BCUT2D eigenvalue weighted by Crippen LogP contribution is -2.52. The molecule has 0 atom stereocenters. The van der Waals surface area contributed by atoms with Crippen LogP contribution in [0.15, 0.2) is 106 Å². The summed E-state index contributed by atoms with van der Waals surface area (Å²) >= 11 is 0. The van der Waals surface area contributed by atoms with Gasteiger partial charge in [0.05, 0.1) is 24.9 Å². The molecule has 4 heterocycles. The number of nitrogens with zero attached hydrogens (tertiary/aromatic N) is 7. The van der Waals surface area contributed by atoms with E-state index in [9.17, 15) is 44.7 Å². The monoisotopic (exact) mass is 890 g/mol. The molecule has 2 fully saturated rings. The maximum Gasteiger partial charge on any atom is 0.470 e. The molecule has 1 N–H and O–H groups in total. The van der Waals surface area contributed by atoms with E-state index in [0.29, 0.717) is 37.6 Å². The molecule has 326 valence electrons. The molecule has 2 aliphatic rings. The molecule has 2 aromatic heterocycles. The summed E-state index contributed by atoms with van der Waals surface area (Å²) in [6.45, 7) is 2.32. The Morgan fingerprint density at radius 2 is 1.05 bits per heavy atom. The highest BCUT2D eigenvalue weighted by Crippen LogP contribution is 2.33. The largest absolute Gasteiger partial charge is 0.470 e. The van der Waals surface area contributed by atoms with E-state index in [4.69, 9.17) is 0 Å². The number of aromatic nitrogens is 4. The van der Waals surface area contributed by atoms with Crippen LogP contribution in [0.25, 0.3) is 22.9 Å². The number of likely N-dealkylation sites (tertiary alicyclic amines) is 1. The number of para-hydroxylation sites is 2. The second-order valence-corrected chi connectivity index (χ2v) is 14.2. The minimum absolute atomic E-state index is 0. The molecule has 4 aromatic carbocycles. The quantitative estimate of drug-likeness (QED) is 0.135. The Kier molecular flexibility index (Phi) is 13.7. The van der Waals surface area contributed by atoms with E-state index in [1.54, 1.807) is 48.5 Å². The van der Waals surface area contributed by atoms with Crippen LogP contribution in [0.5, 0.6) is 0 Å². The van der Waals surface area contributed by atoms with Crippen molar-refractivity contribution in [3.05, 3.63) is 132 Å². The van der Waals surface area contributed by atoms with Crippen molar-refractivity contribution in [3.63, 3.8) is 0 Å². The van der Waals surface area contributed by atoms with Crippen LogP contribution in [-0.4, -0.2) is 70.3 Å². The second-order valence-electron chi connectivity index (χ2n) is 14.2. The van der Waals surface area contributed by atoms with E-state index in [2.05, 4.69) is 34.5 Å². The van der Waals surface area contributed by atoms with Crippen molar-refractivity contribution in [2.24, 2.45) is 11.8 Å². The fraction of sp³-hybridized carbons (Fsp3) is 0.268. The SMILES string of the molecule is CN1CC(C(=O)N(Cc2ccc(-c3nnc(C(F)(F)F)o3)cc2F)c2ccccc2)C1.Cl.O=C(C1CNC1)N(Cc1ccc(-c2nnc(C(F)(F)F)o2)cc1F)c1ccccc1. The first-order valence-corrected chi connectivity index (χ1v) is 18.6. The average molecular weight is 891 g/mol. The van der Waals surface area contributed by atoms with Gasteiger partial charge in [-0.05, 0) is 55.6 Å². The molecule has 2 aliphatic heterocycles. The molecular formula is C41H35ClF8N8O4. The molecule has 6 aromatic rings. The highest BCUT2D eigenvalue weighted by Gasteiger charge is 2.40. The van der Waals surface area contributed by atoms with Crippen molar-refractivity contribution in [2.45, 2.75) is 25.4 Å². The van der Waals surface area contributed by atoms with Gasteiger partial charge in [-0.2, -0.15) is 26.3 Å². The van der Waals surface area contributed by atoms with Gasteiger partial charge in [0.25, 0.3) is 0 Å². The van der Waals surface area contributed by atoms with Gasteiger partial charge in [0.15, 0.2) is 0 Å². The second kappa shape index (κ2) is 18.8. The molecule has 0 aliphatic carbocycles. The first-order chi connectivity index (χ1) is 29.0. The van der Waals surface area contributed by atoms with Crippen molar-refractivity contribution in [2.75, 3.05) is 43.0 Å². The molecule has 62 heavy (non-hydrogen) atoms. The van der Waals surface area contributed by atoms with Crippen molar-refractivity contribution in [3.8, 4) is 22.9 Å². The van der Waals surface area contributed by atoms with E-state index in [1.165, 1.54) is 34.1 Å². The number of hydrogen-bond acceptors (Lipinski definition) is 10. The van der Waals surface area contributed by atoms with Gasteiger partial charge in [0.2, 0.25) is 23.6 Å². The molecule has 2 amide bonds. The van der Waals surface area contributed by atoms with Crippen LogP contribution in [0, 0.1) is 23.5 Å². The zero-order chi connectivity index (χ0) is 43.5. The summed E-state index contributed by atoms with van der Waals surface area (Å²) in [5.41, 5.74) is 1.72. The van der Waals surface area contributed by atoms with Gasteiger partial charge in [-0.25, -0.2) is 8.78 Å². The van der Waals surface area contributed by atoms with E-state index in [1.807, 2.05) is 24.1 Å². The maximum absolute atomic E-state index is 14.8.